The predicted molar refractivity (Wildman–Crippen MR) is 153 cm³/mol. The maximum Gasteiger partial charge on any atom is 0.305 e. The first-order chi connectivity index (χ1) is 19.7. The number of aromatic nitrogens is 3. The van der Waals surface area contributed by atoms with Gasteiger partial charge in [0, 0.05) is 29.7 Å². The predicted octanol–water partition coefficient (Wildman–Crippen LogP) is 5.10. The summed E-state index contributed by atoms with van der Waals surface area (Å²) in [6.07, 6.45) is 0.353. The Balaban J connectivity index is 1.89. The number of amides is 1. The highest BCUT2D eigenvalue weighted by molar-refractivity contribution is 6.12. The van der Waals surface area contributed by atoms with E-state index in [0.717, 1.165) is 0 Å². The summed E-state index contributed by atoms with van der Waals surface area (Å²) < 4.78 is 15.9. The van der Waals surface area contributed by atoms with Crippen molar-refractivity contribution < 1.29 is 29.3 Å². The maximum atomic E-state index is 14.0. The summed E-state index contributed by atoms with van der Waals surface area (Å²) >= 11 is 0. The fraction of sp³-hybridized carbons (Fsp3) is 0.290. The molecular formula is C31H33FN4O5. The molecule has 2 heterocycles. The van der Waals surface area contributed by atoms with Gasteiger partial charge in [0.1, 0.15) is 12.1 Å². The fourth-order valence-electron chi connectivity index (χ4n) is 5.01. The molecule has 0 radical (unpaired) electrons. The number of carboxylic acids is 1. The number of carbonyl (C=O) groups excluding carboxylic acids is 1. The molecule has 4 rings (SSSR count). The van der Waals surface area contributed by atoms with Crippen LogP contribution in [0.25, 0.3) is 22.5 Å². The Morgan fingerprint density at radius 2 is 1.71 bits per heavy atom. The van der Waals surface area contributed by atoms with Crippen molar-refractivity contribution in [3.8, 4) is 22.5 Å². The lowest BCUT2D eigenvalue weighted by Gasteiger charge is -2.20. The molecule has 0 aliphatic carbocycles. The van der Waals surface area contributed by atoms with Crippen molar-refractivity contribution in [2.75, 3.05) is 5.32 Å². The van der Waals surface area contributed by atoms with E-state index in [4.69, 9.17) is 5.11 Å². The van der Waals surface area contributed by atoms with Gasteiger partial charge in [-0.3, -0.25) is 9.59 Å². The number of aliphatic hydroxyl groups excluding tert-OH is 2. The molecular weight excluding hydrogens is 527 g/mol. The monoisotopic (exact) mass is 560 g/mol. The first-order valence-corrected chi connectivity index (χ1v) is 13.4. The number of aliphatic carboxylic acids is 1. The zero-order valence-corrected chi connectivity index (χ0v) is 22.9. The summed E-state index contributed by atoms with van der Waals surface area (Å²) in [7, 11) is 0. The second-order valence-electron chi connectivity index (χ2n) is 10.1. The second kappa shape index (κ2) is 13.3. The highest BCUT2D eigenvalue weighted by Gasteiger charge is 2.31. The molecule has 2 aromatic carbocycles. The molecule has 0 bridgehead atoms. The second-order valence-corrected chi connectivity index (χ2v) is 10.1. The Morgan fingerprint density at radius 1 is 1.00 bits per heavy atom. The zero-order chi connectivity index (χ0) is 29.5. The molecule has 2 aromatic heterocycles. The number of nitrogens with one attached hydrogen (secondary N) is 1. The van der Waals surface area contributed by atoms with E-state index in [0.29, 0.717) is 39.5 Å². The van der Waals surface area contributed by atoms with Gasteiger partial charge in [0.25, 0.3) is 5.91 Å². The van der Waals surface area contributed by atoms with Crippen LogP contribution in [0.3, 0.4) is 0 Å². The Hall–Kier alpha value is -4.41. The van der Waals surface area contributed by atoms with Crippen LogP contribution in [-0.2, 0) is 11.3 Å². The van der Waals surface area contributed by atoms with Gasteiger partial charge in [0.2, 0.25) is 0 Å². The highest BCUT2D eigenvalue weighted by atomic mass is 19.1. The number of rotatable bonds is 12. The molecule has 1 amide bonds. The lowest BCUT2D eigenvalue weighted by molar-refractivity contribution is -0.139. The van der Waals surface area contributed by atoms with E-state index >= 15 is 0 Å². The Labute approximate surface area is 237 Å². The van der Waals surface area contributed by atoms with Crippen LogP contribution in [0.1, 0.15) is 55.1 Å². The van der Waals surface area contributed by atoms with Crippen molar-refractivity contribution in [2.45, 2.75) is 57.8 Å². The van der Waals surface area contributed by atoms with E-state index in [1.807, 2.05) is 36.6 Å². The summed E-state index contributed by atoms with van der Waals surface area (Å²) in [6.45, 7) is 4.14. The van der Waals surface area contributed by atoms with Crippen LogP contribution in [0.4, 0.5) is 10.1 Å². The van der Waals surface area contributed by atoms with Gasteiger partial charge in [-0.25, -0.2) is 14.4 Å². The van der Waals surface area contributed by atoms with Gasteiger partial charge < -0.3 is 25.2 Å². The fourth-order valence-corrected chi connectivity index (χ4v) is 5.01. The van der Waals surface area contributed by atoms with E-state index in [2.05, 4.69) is 15.3 Å². The van der Waals surface area contributed by atoms with Crippen LogP contribution in [0.2, 0.25) is 0 Å². The van der Waals surface area contributed by atoms with Crippen molar-refractivity contribution in [3.05, 3.63) is 90.3 Å². The van der Waals surface area contributed by atoms with E-state index < -0.39 is 30.4 Å². The minimum Gasteiger partial charge on any atom is -0.481 e. The maximum absolute atomic E-state index is 14.0. The van der Waals surface area contributed by atoms with Crippen molar-refractivity contribution in [3.63, 3.8) is 0 Å². The average Bonchev–Trinajstić information content (AvgIpc) is 3.28. The third-order valence-electron chi connectivity index (χ3n) is 6.71. The number of hydrogen-bond donors (Lipinski definition) is 4. The van der Waals surface area contributed by atoms with Crippen molar-refractivity contribution in [2.24, 2.45) is 0 Å². The van der Waals surface area contributed by atoms with Crippen LogP contribution in [-0.4, -0.2) is 53.9 Å². The summed E-state index contributed by atoms with van der Waals surface area (Å²) in [5.41, 5.74) is 3.98. The first kappa shape index (κ1) is 29.6. The quantitative estimate of drug-likeness (QED) is 0.189. The minimum atomic E-state index is -1.20. The molecule has 0 fully saturated rings. The first-order valence-electron chi connectivity index (χ1n) is 13.4. The number of halogens is 1. The molecule has 0 saturated carbocycles. The highest BCUT2D eigenvalue weighted by Crippen LogP contribution is 2.42. The molecule has 214 valence electrons. The standard InChI is InChI=1S/C31H33FN4O5/c1-19(2)29-28(31(41)35-22-6-4-3-5-7-22)27(25-12-14-33-18-34-25)30(20-8-10-21(32)11-9-20)36(29)15-13-23(37)16-24(38)17-26(39)40/h3-12,14,18-19,23-24,37-38H,13,15-17H2,1-2H3,(H,35,41)(H,39,40). The summed E-state index contributed by atoms with van der Waals surface area (Å²) in [6, 6.07) is 16.7. The molecule has 2 atom stereocenters. The van der Waals surface area contributed by atoms with E-state index in [1.54, 1.807) is 36.5 Å². The van der Waals surface area contributed by atoms with Gasteiger partial charge in [0.15, 0.2) is 0 Å². The van der Waals surface area contributed by atoms with E-state index in [-0.39, 0.29) is 31.2 Å². The van der Waals surface area contributed by atoms with Crippen molar-refractivity contribution >= 4 is 17.6 Å². The SMILES string of the molecule is CC(C)c1c(C(=O)Nc2ccccc2)c(-c2ccncn2)c(-c2ccc(F)cc2)n1CCC(O)CC(O)CC(=O)O. The average molecular weight is 561 g/mol. The van der Waals surface area contributed by atoms with Crippen molar-refractivity contribution in [1.29, 1.82) is 0 Å². The van der Waals surface area contributed by atoms with Crippen LogP contribution in [0.5, 0.6) is 0 Å². The third-order valence-corrected chi connectivity index (χ3v) is 6.71. The van der Waals surface area contributed by atoms with Gasteiger partial charge in [-0.2, -0.15) is 0 Å². The molecule has 9 nitrogen and oxygen atoms in total. The molecule has 41 heavy (non-hydrogen) atoms. The largest absolute Gasteiger partial charge is 0.481 e. The number of benzene rings is 2. The normalized spacial score (nSPS) is 12.7. The van der Waals surface area contributed by atoms with Gasteiger partial charge in [-0.05, 0) is 66.8 Å². The number of aliphatic hydroxyl groups is 2. The molecule has 2 unspecified atom stereocenters. The van der Waals surface area contributed by atoms with Crippen LogP contribution >= 0.6 is 0 Å². The van der Waals surface area contributed by atoms with Crippen LogP contribution in [0, 0.1) is 5.82 Å². The Morgan fingerprint density at radius 3 is 2.32 bits per heavy atom. The Bertz CT molecular complexity index is 1470. The van der Waals surface area contributed by atoms with E-state index in [1.165, 1.54) is 18.5 Å². The van der Waals surface area contributed by atoms with Crippen molar-refractivity contribution in [1.82, 2.24) is 14.5 Å². The van der Waals surface area contributed by atoms with E-state index in [9.17, 15) is 24.2 Å². The zero-order valence-electron chi connectivity index (χ0n) is 22.9. The molecule has 4 N–H and O–H groups in total. The lowest BCUT2D eigenvalue weighted by atomic mass is 9.97. The molecule has 0 spiro atoms. The summed E-state index contributed by atoms with van der Waals surface area (Å²) in [4.78, 5) is 33.5. The summed E-state index contributed by atoms with van der Waals surface area (Å²) in [5, 5.41) is 32.7. The number of para-hydroxylation sites is 1. The van der Waals surface area contributed by atoms with Gasteiger partial charge >= 0.3 is 5.97 Å². The third kappa shape index (κ3) is 7.22. The van der Waals surface area contributed by atoms with Gasteiger partial charge in [-0.15, -0.1) is 0 Å². The number of carbonyl (C=O) groups is 2. The number of hydrogen-bond acceptors (Lipinski definition) is 6. The Kier molecular flexibility index (Phi) is 9.59. The number of anilines is 1. The molecule has 4 aromatic rings. The summed E-state index contributed by atoms with van der Waals surface area (Å²) in [5.74, 6) is -2.08. The number of nitrogens with zero attached hydrogens (tertiary/aromatic N) is 3. The number of carboxylic acid groups (broad SMARTS) is 1. The minimum absolute atomic E-state index is 0.115. The van der Waals surface area contributed by atoms with Gasteiger partial charge in [-0.1, -0.05) is 32.0 Å². The lowest BCUT2D eigenvalue weighted by Crippen LogP contribution is -2.22. The smallest absolute Gasteiger partial charge is 0.305 e. The molecule has 0 aliphatic heterocycles. The topological polar surface area (TPSA) is 138 Å². The van der Waals surface area contributed by atoms with Crippen LogP contribution < -0.4 is 5.32 Å². The molecule has 0 saturated heterocycles. The van der Waals surface area contributed by atoms with Crippen LogP contribution in [0.15, 0.2) is 73.2 Å². The molecule has 0 aliphatic rings. The van der Waals surface area contributed by atoms with Gasteiger partial charge in [0.05, 0.1) is 35.6 Å². The molecule has 10 heteroatoms.